The van der Waals surface area contributed by atoms with Gasteiger partial charge in [0.2, 0.25) is 0 Å². The Hall–Kier alpha value is -0.670. The van der Waals surface area contributed by atoms with Crippen LogP contribution in [0.5, 0.6) is 0 Å². The second-order valence-electron chi connectivity index (χ2n) is 2.80. The van der Waals surface area contributed by atoms with Gasteiger partial charge in [0, 0.05) is 17.1 Å². The molecule has 1 atom stereocenters. The quantitative estimate of drug-likeness (QED) is 0.725. The third kappa shape index (κ3) is 1.42. The molecule has 2 nitrogen and oxygen atoms in total. The molecule has 1 aliphatic rings. The van der Waals surface area contributed by atoms with Gasteiger partial charge in [0.25, 0.3) is 0 Å². The fourth-order valence-corrected chi connectivity index (χ4v) is 2.48. The molecule has 0 radical (unpaired) electrons. The Morgan fingerprint density at radius 1 is 1.50 bits per heavy atom. The van der Waals surface area contributed by atoms with E-state index in [1.165, 1.54) is 10.6 Å². The van der Waals surface area contributed by atoms with Crippen molar-refractivity contribution in [2.45, 2.75) is 10.3 Å². The molecular weight excluding hydrogens is 168 g/mol. The molecule has 0 aromatic heterocycles. The van der Waals surface area contributed by atoms with Crippen LogP contribution < -0.4 is 10.6 Å². The van der Waals surface area contributed by atoms with E-state index in [9.17, 15) is 0 Å². The van der Waals surface area contributed by atoms with Gasteiger partial charge in [-0.1, -0.05) is 23.9 Å². The Morgan fingerprint density at radius 2 is 2.33 bits per heavy atom. The average molecular weight is 180 g/mol. The molecule has 1 aromatic rings. The van der Waals surface area contributed by atoms with Crippen LogP contribution in [0.2, 0.25) is 0 Å². The van der Waals surface area contributed by atoms with Gasteiger partial charge in [0.15, 0.2) is 0 Å². The summed E-state index contributed by atoms with van der Waals surface area (Å²) in [6.07, 6.45) is 0. The summed E-state index contributed by atoms with van der Waals surface area (Å²) < 4.78 is 0. The van der Waals surface area contributed by atoms with Crippen molar-refractivity contribution < 1.29 is 0 Å². The normalized spacial score (nSPS) is 20.2. The summed E-state index contributed by atoms with van der Waals surface area (Å²) in [6.45, 7) is 0.999. The second kappa shape index (κ2) is 3.37. The maximum absolute atomic E-state index is 3.44. The number of hydrogen-bond donors (Lipinski definition) is 2. The van der Waals surface area contributed by atoms with Crippen molar-refractivity contribution in [1.82, 2.24) is 5.32 Å². The van der Waals surface area contributed by atoms with Gasteiger partial charge < -0.3 is 10.6 Å². The first kappa shape index (κ1) is 7.95. The minimum absolute atomic E-state index is 0.493. The van der Waals surface area contributed by atoms with E-state index in [0.717, 1.165) is 6.54 Å². The Kier molecular flexibility index (Phi) is 2.23. The number of hydrogen-bond acceptors (Lipinski definition) is 3. The molecule has 2 rings (SSSR count). The lowest BCUT2D eigenvalue weighted by Gasteiger charge is -2.07. The zero-order chi connectivity index (χ0) is 8.39. The van der Waals surface area contributed by atoms with Crippen LogP contribution in [0.25, 0.3) is 0 Å². The Morgan fingerprint density at radius 3 is 3.08 bits per heavy atom. The van der Waals surface area contributed by atoms with Crippen LogP contribution in [0.1, 0.15) is 0 Å². The van der Waals surface area contributed by atoms with Crippen LogP contribution >= 0.6 is 11.8 Å². The van der Waals surface area contributed by atoms with E-state index in [1.807, 2.05) is 18.8 Å². The number of likely N-dealkylation sites (N-methyl/N-ethyl adjacent to an activating group) is 1. The first-order valence-electron chi connectivity index (χ1n) is 4.07. The molecule has 0 fully saturated rings. The average Bonchev–Trinajstić information content (AvgIpc) is 2.47. The molecule has 1 aromatic carbocycles. The van der Waals surface area contributed by atoms with E-state index in [1.54, 1.807) is 0 Å². The predicted octanol–water partition coefficient (Wildman–Crippen LogP) is 1.75. The summed E-state index contributed by atoms with van der Waals surface area (Å²) in [5.74, 6) is 0. The van der Waals surface area contributed by atoms with E-state index in [4.69, 9.17) is 0 Å². The number of fused-ring (bicyclic) bond motifs is 1. The van der Waals surface area contributed by atoms with Crippen LogP contribution in [-0.2, 0) is 0 Å². The largest absolute Gasteiger partial charge is 0.371 e. The highest BCUT2D eigenvalue weighted by Crippen LogP contribution is 2.37. The summed E-state index contributed by atoms with van der Waals surface area (Å²) in [5, 5.41) is 7.09. The Bertz CT molecular complexity index is 250. The minimum Gasteiger partial charge on any atom is -0.371 e. The fraction of sp³-hybridized carbons (Fsp3) is 0.333. The van der Waals surface area contributed by atoms with Gasteiger partial charge in [0.1, 0.15) is 0 Å². The van der Waals surface area contributed by atoms with Crippen molar-refractivity contribution in [1.29, 1.82) is 0 Å². The van der Waals surface area contributed by atoms with Gasteiger partial charge in [-0.3, -0.25) is 0 Å². The van der Waals surface area contributed by atoms with E-state index >= 15 is 0 Å². The van der Waals surface area contributed by atoms with Crippen molar-refractivity contribution in [2.75, 3.05) is 18.9 Å². The molecule has 0 aliphatic carbocycles. The molecule has 1 aliphatic heterocycles. The highest BCUT2D eigenvalue weighted by molar-refractivity contribution is 8.00. The number of anilines is 1. The molecule has 12 heavy (non-hydrogen) atoms. The lowest BCUT2D eigenvalue weighted by Crippen LogP contribution is -2.24. The van der Waals surface area contributed by atoms with Crippen molar-refractivity contribution in [3.8, 4) is 0 Å². The highest BCUT2D eigenvalue weighted by atomic mass is 32.2. The third-order valence-corrected chi connectivity index (χ3v) is 3.04. The van der Waals surface area contributed by atoms with Crippen LogP contribution in [0.3, 0.4) is 0 Å². The maximum Gasteiger partial charge on any atom is 0.0895 e. The molecule has 1 heterocycles. The van der Waals surface area contributed by atoms with Gasteiger partial charge in [-0.05, 0) is 19.2 Å². The van der Waals surface area contributed by atoms with Crippen molar-refractivity contribution in [3.63, 3.8) is 0 Å². The Labute approximate surface area is 76.7 Å². The van der Waals surface area contributed by atoms with E-state index in [0.29, 0.717) is 5.37 Å². The number of thioether (sulfide) groups is 1. The third-order valence-electron chi connectivity index (χ3n) is 1.86. The topological polar surface area (TPSA) is 24.1 Å². The van der Waals surface area contributed by atoms with Gasteiger partial charge in [0.05, 0.1) is 5.37 Å². The van der Waals surface area contributed by atoms with Crippen molar-refractivity contribution >= 4 is 17.4 Å². The van der Waals surface area contributed by atoms with Gasteiger partial charge in [-0.15, -0.1) is 0 Å². The molecule has 3 heteroatoms. The lowest BCUT2D eigenvalue weighted by molar-refractivity contribution is 0.798. The van der Waals surface area contributed by atoms with Crippen molar-refractivity contribution in [3.05, 3.63) is 24.3 Å². The summed E-state index contributed by atoms with van der Waals surface area (Å²) >= 11 is 1.89. The standard InChI is InChI=1S/C9H12N2S/c1-10-6-9-11-7-4-2-3-5-8(7)12-9/h2-5,9-11H,6H2,1H3. The van der Waals surface area contributed by atoms with Gasteiger partial charge in [-0.2, -0.15) is 0 Å². The second-order valence-corrected chi connectivity index (χ2v) is 4.05. The van der Waals surface area contributed by atoms with Crippen LogP contribution in [-0.4, -0.2) is 19.0 Å². The first-order chi connectivity index (χ1) is 5.90. The van der Waals surface area contributed by atoms with Crippen LogP contribution in [0, 0.1) is 0 Å². The molecular formula is C9H12N2S. The van der Waals surface area contributed by atoms with E-state index in [2.05, 4.69) is 34.9 Å². The summed E-state index contributed by atoms with van der Waals surface area (Å²) in [5.41, 5.74) is 1.27. The molecule has 2 N–H and O–H groups in total. The first-order valence-corrected chi connectivity index (χ1v) is 4.95. The number of para-hydroxylation sites is 1. The lowest BCUT2D eigenvalue weighted by atomic mass is 10.3. The number of nitrogens with one attached hydrogen (secondary N) is 2. The van der Waals surface area contributed by atoms with Crippen LogP contribution in [0.4, 0.5) is 5.69 Å². The molecule has 0 spiro atoms. The Balaban J connectivity index is 2.11. The highest BCUT2D eigenvalue weighted by Gasteiger charge is 2.19. The predicted molar refractivity (Wildman–Crippen MR) is 53.6 cm³/mol. The van der Waals surface area contributed by atoms with Gasteiger partial charge >= 0.3 is 0 Å². The summed E-state index contributed by atoms with van der Waals surface area (Å²) in [6, 6.07) is 8.42. The summed E-state index contributed by atoms with van der Waals surface area (Å²) in [4.78, 5) is 1.36. The molecule has 0 saturated carbocycles. The maximum atomic E-state index is 3.44. The molecule has 1 unspecified atom stereocenters. The van der Waals surface area contributed by atoms with Crippen LogP contribution in [0.15, 0.2) is 29.2 Å². The number of rotatable bonds is 2. The smallest absolute Gasteiger partial charge is 0.0895 e. The fourth-order valence-electron chi connectivity index (χ4n) is 1.32. The van der Waals surface area contributed by atoms with E-state index < -0.39 is 0 Å². The van der Waals surface area contributed by atoms with E-state index in [-0.39, 0.29) is 0 Å². The van der Waals surface area contributed by atoms with Crippen molar-refractivity contribution in [2.24, 2.45) is 0 Å². The molecule has 0 saturated heterocycles. The minimum atomic E-state index is 0.493. The molecule has 0 amide bonds. The zero-order valence-corrected chi connectivity index (χ0v) is 7.82. The summed E-state index contributed by atoms with van der Waals surface area (Å²) in [7, 11) is 1.98. The SMILES string of the molecule is CNCC1Nc2ccccc2S1. The number of benzene rings is 1. The monoisotopic (exact) mass is 180 g/mol. The van der Waals surface area contributed by atoms with Gasteiger partial charge in [-0.25, -0.2) is 0 Å². The molecule has 0 bridgehead atoms. The molecule has 64 valence electrons. The zero-order valence-electron chi connectivity index (χ0n) is 7.00.